The largest absolute Gasteiger partial charge is 0.358 e. The fourth-order valence-corrected chi connectivity index (χ4v) is 2.64. The number of hydrogen-bond donors (Lipinski definition) is 3. The Morgan fingerprint density at radius 1 is 1.12 bits per heavy atom. The highest BCUT2D eigenvalue weighted by Gasteiger charge is 2.07. The first-order chi connectivity index (χ1) is 12.6. The molecule has 0 atom stereocenters. The van der Waals surface area contributed by atoms with Gasteiger partial charge in [-0.3, -0.25) is 9.59 Å². The number of nitrogens with zero attached hydrogens (tertiary/aromatic N) is 1. The summed E-state index contributed by atoms with van der Waals surface area (Å²) in [4.78, 5) is 26.8. The van der Waals surface area contributed by atoms with Crippen LogP contribution in [0.15, 0.2) is 53.6 Å². The lowest BCUT2D eigenvalue weighted by Gasteiger charge is -2.04. The summed E-state index contributed by atoms with van der Waals surface area (Å²) in [6.07, 6.45) is 2.05. The first-order valence-electron chi connectivity index (χ1n) is 8.39. The van der Waals surface area contributed by atoms with E-state index < -0.39 is 0 Å². The molecule has 0 aliphatic rings. The number of amides is 2. The first kappa shape index (κ1) is 17.4. The minimum Gasteiger partial charge on any atom is -0.358 e. The van der Waals surface area contributed by atoms with Crippen molar-refractivity contribution in [2.45, 2.75) is 20.3 Å². The summed E-state index contributed by atoms with van der Waals surface area (Å²) in [6, 6.07) is 14.6. The van der Waals surface area contributed by atoms with Gasteiger partial charge < -0.3 is 10.3 Å². The first-order valence-corrected chi connectivity index (χ1v) is 8.39. The molecular formula is C20H20N4O2. The van der Waals surface area contributed by atoms with E-state index in [0.717, 1.165) is 22.2 Å². The maximum atomic E-state index is 12.2. The van der Waals surface area contributed by atoms with Gasteiger partial charge >= 0.3 is 0 Å². The monoisotopic (exact) mass is 348 g/mol. The zero-order valence-corrected chi connectivity index (χ0v) is 14.7. The third-order valence-corrected chi connectivity index (χ3v) is 4.06. The Labute approximate surface area is 151 Å². The number of H-pyrrole nitrogens is 1. The van der Waals surface area contributed by atoms with Crippen molar-refractivity contribution in [3.8, 4) is 0 Å². The van der Waals surface area contributed by atoms with E-state index in [-0.39, 0.29) is 11.8 Å². The van der Waals surface area contributed by atoms with Gasteiger partial charge in [0.25, 0.3) is 5.91 Å². The van der Waals surface area contributed by atoms with Gasteiger partial charge in [0.15, 0.2) is 0 Å². The van der Waals surface area contributed by atoms with Gasteiger partial charge in [-0.2, -0.15) is 5.10 Å². The maximum absolute atomic E-state index is 12.2. The second-order valence-electron chi connectivity index (χ2n) is 5.89. The third-order valence-electron chi connectivity index (χ3n) is 4.06. The number of rotatable bonds is 5. The fraction of sp³-hybridized carbons (Fsp3) is 0.150. The van der Waals surface area contributed by atoms with E-state index >= 15 is 0 Å². The summed E-state index contributed by atoms with van der Waals surface area (Å²) in [5.74, 6) is -0.381. The lowest BCUT2D eigenvalue weighted by molar-refractivity contribution is -0.115. The second kappa shape index (κ2) is 7.65. The molecule has 1 heterocycles. The van der Waals surface area contributed by atoms with E-state index in [4.69, 9.17) is 0 Å². The zero-order valence-electron chi connectivity index (χ0n) is 14.7. The molecule has 0 aliphatic heterocycles. The third kappa shape index (κ3) is 3.80. The van der Waals surface area contributed by atoms with E-state index in [2.05, 4.69) is 20.8 Å². The van der Waals surface area contributed by atoms with Crippen LogP contribution in [0.4, 0.5) is 5.69 Å². The minimum absolute atomic E-state index is 0.0686. The van der Waals surface area contributed by atoms with Gasteiger partial charge in [-0.05, 0) is 37.3 Å². The van der Waals surface area contributed by atoms with E-state index in [1.165, 1.54) is 0 Å². The van der Waals surface area contributed by atoms with Gasteiger partial charge in [0.05, 0.1) is 6.21 Å². The molecule has 6 nitrogen and oxygen atoms in total. The summed E-state index contributed by atoms with van der Waals surface area (Å²) in [6.45, 7) is 3.75. The molecule has 0 saturated carbocycles. The number of aryl methyl sites for hydroxylation is 1. The topological polar surface area (TPSA) is 86.3 Å². The molecule has 26 heavy (non-hydrogen) atoms. The number of carbonyl (C=O) groups is 2. The van der Waals surface area contributed by atoms with E-state index in [0.29, 0.717) is 17.7 Å². The molecule has 0 fully saturated rings. The molecule has 3 rings (SSSR count). The average Bonchev–Trinajstić information content (AvgIpc) is 2.97. The van der Waals surface area contributed by atoms with Gasteiger partial charge in [0.2, 0.25) is 5.91 Å². The molecule has 1 aromatic heterocycles. The Morgan fingerprint density at radius 2 is 1.85 bits per heavy atom. The van der Waals surface area contributed by atoms with Crippen LogP contribution in [0.2, 0.25) is 0 Å². The Morgan fingerprint density at radius 3 is 2.58 bits per heavy atom. The Balaban J connectivity index is 1.67. The van der Waals surface area contributed by atoms with Crippen molar-refractivity contribution < 1.29 is 9.59 Å². The molecule has 3 N–H and O–H groups in total. The number of anilines is 1. The van der Waals surface area contributed by atoms with Crippen molar-refractivity contribution in [3.63, 3.8) is 0 Å². The number of aromatic amines is 1. The summed E-state index contributed by atoms with van der Waals surface area (Å²) in [5.41, 5.74) is 6.61. The number of hydrogen-bond acceptors (Lipinski definition) is 3. The summed E-state index contributed by atoms with van der Waals surface area (Å²) >= 11 is 0. The Bertz CT molecular complexity index is 971. The van der Waals surface area contributed by atoms with Crippen LogP contribution in [-0.4, -0.2) is 23.0 Å². The van der Waals surface area contributed by atoms with Crippen molar-refractivity contribution in [2.75, 3.05) is 5.32 Å². The molecule has 0 saturated heterocycles. The molecule has 0 bridgehead atoms. The molecule has 6 heteroatoms. The molecular weight excluding hydrogens is 328 g/mol. The van der Waals surface area contributed by atoms with Gasteiger partial charge in [-0.25, -0.2) is 5.43 Å². The van der Waals surface area contributed by atoms with Crippen LogP contribution in [0.5, 0.6) is 0 Å². The standard InChI is InChI=1S/C20H20N4O2/c1-3-19(25)23-15-10-8-14(9-11-15)20(26)24-21-12-17-13(2)22-18-7-5-4-6-16(17)18/h4-12,22H,3H2,1-2H3,(H,23,25)(H,24,26)/b21-12-. The lowest BCUT2D eigenvalue weighted by Crippen LogP contribution is -2.17. The molecule has 132 valence electrons. The van der Waals surface area contributed by atoms with Crippen LogP contribution in [0, 0.1) is 6.92 Å². The Hall–Kier alpha value is -3.41. The quantitative estimate of drug-likeness (QED) is 0.486. The van der Waals surface area contributed by atoms with Gasteiger partial charge in [-0.15, -0.1) is 0 Å². The summed E-state index contributed by atoms with van der Waals surface area (Å²) in [5, 5.41) is 7.86. The maximum Gasteiger partial charge on any atom is 0.271 e. The van der Waals surface area contributed by atoms with E-state index in [9.17, 15) is 9.59 Å². The highest BCUT2D eigenvalue weighted by Crippen LogP contribution is 2.19. The van der Waals surface area contributed by atoms with E-state index in [1.54, 1.807) is 37.4 Å². The summed E-state index contributed by atoms with van der Waals surface area (Å²) < 4.78 is 0. The lowest BCUT2D eigenvalue weighted by atomic mass is 10.1. The number of benzene rings is 2. The van der Waals surface area contributed by atoms with Crippen LogP contribution < -0.4 is 10.7 Å². The highest BCUT2D eigenvalue weighted by atomic mass is 16.2. The van der Waals surface area contributed by atoms with Crippen LogP contribution >= 0.6 is 0 Å². The predicted octanol–water partition coefficient (Wildman–Crippen LogP) is 3.59. The van der Waals surface area contributed by atoms with Crippen molar-refractivity contribution in [2.24, 2.45) is 5.10 Å². The SMILES string of the molecule is CCC(=O)Nc1ccc(C(=O)N/N=C\c2c(C)[nH]c3ccccc23)cc1. The number of para-hydroxylation sites is 1. The van der Waals surface area contributed by atoms with Crippen molar-refractivity contribution in [1.82, 2.24) is 10.4 Å². The Kier molecular flexibility index (Phi) is 5.12. The van der Waals surface area contributed by atoms with Gasteiger partial charge in [0, 0.05) is 39.8 Å². The van der Waals surface area contributed by atoms with Gasteiger partial charge in [0.1, 0.15) is 0 Å². The number of nitrogens with one attached hydrogen (secondary N) is 3. The minimum atomic E-state index is -0.313. The zero-order chi connectivity index (χ0) is 18.5. The van der Waals surface area contributed by atoms with Crippen LogP contribution in [0.3, 0.4) is 0 Å². The fourth-order valence-electron chi connectivity index (χ4n) is 2.64. The second-order valence-corrected chi connectivity index (χ2v) is 5.89. The van der Waals surface area contributed by atoms with Gasteiger partial charge in [-0.1, -0.05) is 25.1 Å². The average molecular weight is 348 g/mol. The molecule has 2 amide bonds. The predicted molar refractivity (Wildman–Crippen MR) is 103 cm³/mol. The molecule has 3 aromatic rings. The van der Waals surface area contributed by atoms with Crippen molar-refractivity contribution >= 4 is 34.6 Å². The molecule has 0 aliphatic carbocycles. The van der Waals surface area contributed by atoms with Crippen LogP contribution in [0.1, 0.15) is 35.0 Å². The smallest absolute Gasteiger partial charge is 0.271 e. The number of fused-ring (bicyclic) bond motifs is 1. The molecule has 0 spiro atoms. The summed E-state index contributed by atoms with van der Waals surface area (Å²) in [7, 11) is 0. The molecule has 0 radical (unpaired) electrons. The van der Waals surface area contributed by atoms with Crippen LogP contribution in [0.25, 0.3) is 10.9 Å². The highest BCUT2D eigenvalue weighted by molar-refractivity contribution is 6.01. The number of carbonyl (C=O) groups excluding carboxylic acids is 2. The normalized spacial score (nSPS) is 11.0. The van der Waals surface area contributed by atoms with Crippen LogP contribution in [-0.2, 0) is 4.79 Å². The van der Waals surface area contributed by atoms with Crippen molar-refractivity contribution in [3.05, 3.63) is 65.4 Å². The molecule has 0 unspecified atom stereocenters. The number of aromatic nitrogens is 1. The van der Waals surface area contributed by atoms with E-state index in [1.807, 2.05) is 31.2 Å². The number of hydrazone groups is 1. The van der Waals surface area contributed by atoms with Crippen molar-refractivity contribution in [1.29, 1.82) is 0 Å². The molecule has 2 aromatic carbocycles.